The number of nitrogens with one attached hydrogen (secondary N) is 1. The van der Waals surface area contributed by atoms with Crippen molar-refractivity contribution in [2.75, 3.05) is 26.8 Å². The number of hydrogen-bond acceptors (Lipinski definition) is 3. The molecule has 0 saturated carbocycles. The zero-order chi connectivity index (χ0) is 15.4. The molecular weight excluding hydrogens is 278 g/mol. The van der Waals surface area contributed by atoms with Crippen molar-refractivity contribution in [3.63, 3.8) is 0 Å². The van der Waals surface area contributed by atoms with E-state index in [2.05, 4.69) is 5.32 Å². The van der Waals surface area contributed by atoms with Crippen LogP contribution in [-0.4, -0.2) is 43.7 Å². The fourth-order valence-corrected chi connectivity index (χ4v) is 2.52. The molecule has 4 nitrogen and oxygen atoms in total. The molecule has 1 aliphatic heterocycles. The molecule has 2 atom stereocenters. The third-order valence-corrected chi connectivity index (χ3v) is 3.82. The van der Waals surface area contributed by atoms with Gasteiger partial charge in [0.05, 0.1) is 19.1 Å². The summed E-state index contributed by atoms with van der Waals surface area (Å²) >= 11 is 0. The zero-order valence-corrected chi connectivity index (χ0v) is 12.2. The van der Waals surface area contributed by atoms with Crippen LogP contribution >= 0.6 is 0 Å². The summed E-state index contributed by atoms with van der Waals surface area (Å²) in [5.74, 6) is -2.04. The van der Waals surface area contributed by atoms with Crippen LogP contribution in [0.5, 0.6) is 0 Å². The minimum absolute atomic E-state index is 0.00324. The molecule has 2 rings (SSSR count). The van der Waals surface area contributed by atoms with Crippen molar-refractivity contribution in [3.8, 4) is 0 Å². The van der Waals surface area contributed by atoms with Gasteiger partial charge in [0.15, 0.2) is 11.6 Å². The Morgan fingerprint density at radius 3 is 2.76 bits per heavy atom. The number of nitrogens with zero attached hydrogens (tertiary/aromatic N) is 1. The first-order valence-corrected chi connectivity index (χ1v) is 7.04. The van der Waals surface area contributed by atoms with Gasteiger partial charge in [-0.1, -0.05) is 6.07 Å². The Kier molecular flexibility index (Phi) is 5.25. The van der Waals surface area contributed by atoms with Crippen molar-refractivity contribution < 1.29 is 18.3 Å². The maximum Gasteiger partial charge on any atom is 0.229 e. The normalized spacial score (nSPS) is 21.5. The Morgan fingerprint density at radius 2 is 2.14 bits per heavy atom. The van der Waals surface area contributed by atoms with Gasteiger partial charge >= 0.3 is 0 Å². The maximum absolute atomic E-state index is 13.2. The summed E-state index contributed by atoms with van der Waals surface area (Å²) in [6.07, 6.45) is 0. The van der Waals surface area contributed by atoms with E-state index >= 15 is 0 Å². The molecule has 116 valence electrons. The number of carbonyl (C=O) groups is 1. The number of amides is 1. The Bertz CT molecular complexity index is 510. The predicted octanol–water partition coefficient (Wildman–Crippen LogP) is 1.55. The average Bonchev–Trinajstić information content (AvgIpc) is 2.96. The van der Waals surface area contributed by atoms with Gasteiger partial charge in [-0.05, 0) is 31.7 Å². The van der Waals surface area contributed by atoms with E-state index in [1.54, 1.807) is 11.9 Å². The van der Waals surface area contributed by atoms with Gasteiger partial charge in [-0.3, -0.25) is 4.79 Å². The first-order valence-electron chi connectivity index (χ1n) is 7.04. The van der Waals surface area contributed by atoms with E-state index in [0.717, 1.165) is 12.1 Å². The van der Waals surface area contributed by atoms with E-state index in [1.165, 1.54) is 6.07 Å². The lowest BCUT2D eigenvalue weighted by Crippen LogP contribution is -2.44. The number of rotatable bonds is 5. The van der Waals surface area contributed by atoms with Crippen LogP contribution in [0.4, 0.5) is 8.78 Å². The highest BCUT2D eigenvalue weighted by Gasteiger charge is 2.35. The van der Waals surface area contributed by atoms with Crippen LogP contribution in [0, 0.1) is 17.6 Å². The Balaban J connectivity index is 2.08. The van der Waals surface area contributed by atoms with Gasteiger partial charge in [-0.15, -0.1) is 0 Å². The second kappa shape index (κ2) is 6.95. The smallest absolute Gasteiger partial charge is 0.229 e. The van der Waals surface area contributed by atoms with E-state index in [4.69, 9.17) is 4.74 Å². The highest BCUT2D eigenvalue weighted by atomic mass is 19.2. The van der Waals surface area contributed by atoms with E-state index < -0.39 is 11.6 Å². The lowest BCUT2D eigenvalue weighted by Gasteiger charge is -2.26. The number of halogens is 2. The molecule has 0 radical (unpaired) electrons. The first-order chi connectivity index (χ1) is 10.1. The summed E-state index contributed by atoms with van der Waals surface area (Å²) in [6, 6.07) is 3.70. The molecule has 1 aromatic rings. The number of carbonyl (C=O) groups excluding carboxylic acids is 1. The third-order valence-electron chi connectivity index (χ3n) is 3.82. The molecule has 0 aliphatic carbocycles. The third kappa shape index (κ3) is 3.57. The number of hydrogen-bond donors (Lipinski definition) is 1. The zero-order valence-electron chi connectivity index (χ0n) is 12.2. The molecule has 1 aromatic carbocycles. The van der Waals surface area contributed by atoms with Crippen LogP contribution in [0.3, 0.4) is 0 Å². The maximum atomic E-state index is 13.2. The summed E-state index contributed by atoms with van der Waals surface area (Å²) in [5, 5.41) is 3.07. The standard InChI is InChI=1S/C15H20F2N2O2/c1-3-19(7-10-4-5-12(16)13(17)6-10)15(20)11-8-21-9-14(11)18-2/h4-6,11,14,18H,3,7-9H2,1-2H3. The van der Waals surface area contributed by atoms with E-state index in [-0.39, 0.29) is 24.4 Å². The first kappa shape index (κ1) is 15.9. The second-order valence-corrected chi connectivity index (χ2v) is 5.14. The minimum atomic E-state index is -0.895. The van der Waals surface area contributed by atoms with Crippen LogP contribution < -0.4 is 5.32 Å². The van der Waals surface area contributed by atoms with Gasteiger partial charge in [0.25, 0.3) is 0 Å². The van der Waals surface area contributed by atoms with Gasteiger partial charge < -0.3 is 15.0 Å². The van der Waals surface area contributed by atoms with Crippen molar-refractivity contribution >= 4 is 5.91 Å². The van der Waals surface area contributed by atoms with Gasteiger partial charge in [-0.2, -0.15) is 0 Å². The van der Waals surface area contributed by atoms with Gasteiger partial charge in [0.1, 0.15) is 0 Å². The molecule has 0 aromatic heterocycles. The second-order valence-electron chi connectivity index (χ2n) is 5.14. The van der Waals surface area contributed by atoms with Crippen molar-refractivity contribution in [2.24, 2.45) is 5.92 Å². The molecule has 1 saturated heterocycles. The highest BCUT2D eigenvalue weighted by Crippen LogP contribution is 2.18. The number of ether oxygens (including phenoxy) is 1. The quantitative estimate of drug-likeness (QED) is 0.897. The predicted molar refractivity (Wildman–Crippen MR) is 74.6 cm³/mol. The summed E-state index contributed by atoms with van der Waals surface area (Å²) in [5.41, 5.74) is 0.573. The summed E-state index contributed by atoms with van der Waals surface area (Å²) in [6.45, 7) is 3.53. The highest BCUT2D eigenvalue weighted by molar-refractivity contribution is 5.80. The van der Waals surface area contributed by atoms with E-state index in [9.17, 15) is 13.6 Å². The molecule has 0 bridgehead atoms. The van der Waals surface area contributed by atoms with Crippen molar-refractivity contribution in [1.29, 1.82) is 0 Å². The van der Waals surface area contributed by atoms with E-state index in [1.807, 2.05) is 6.92 Å². The molecule has 0 spiro atoms. The Hall–Kier alpha value is -1.53. The molecule has 2 unspecified atom stereocenters. The molecular formula is C15H20F2N2O2. The SMILES string of the molecule is CCN(Cc1ccc(F)c(F)c1)C(=O)C1COCC1NC. The molecule has 1 heterocycles. The lowest BCUT2D eigenvalue weighted by molar-refractivity contribution is -0.136. The molecule has 1 amide bonds. The van der Waals surface area contributed by atoms with Crippen molar-refractivity contribution in [2.45, 2.75) is 19.5 Å². The molecule has 1 aliphatic rings. The van der Waals surface area contributed by atoms with Gasteiger partial charge in [0.2, 0.25) is 5.91 Å². The van der Waals surface area contributed by atoms with Crippen molar-refractivity contribution in [3.05, 3.63) is 35.4 Å². The van der Waals surface area contributed by atoms with Crippen LogP contribution in [0.2, 0.25) is 0 Å². The summed E-state index contributed by atoms with van der Waals surface area (Å²) in [7, 11) is 1.80. The fourth-order valence-electron chi connectivity index (χ4n) is 2.52. The van der Waals surface area contributed by atoms with Gasteiger partial charge in [0, 0.05) is 19.1 Å². The monoisotopic (exact) mass is 298 g/mol. The van der Waals surface area contributed by atoms with Crippen LogP contribution in [0.25, 0.3) is 0 Å². The Morgan fingerprint density at radius 1 is 1.38 bits per heavy atom. The van der Waals surface area contributed by atoms with Gasteiger partial charge in [-0.25, -0.2) is 8.78 Å². The topological polar surface area (TPSA) is 41.6 Å². The fraction of sp³-hybridized carbons (Fsp3) is 0.533. The average molecular weight is 298 g/mol. The lowest BCUT2D eigenvalue weighted by atomic mass is 10.0. The van der Waals surface area contributed by atoms with Crippen molar-refractivity contribution in [1.82, 2.24) is 10.2 Å². The number of likely N-dealkylation sites (N-methyl/N-ethyl adjacent to an activating group) is 1. The minimum Gasteiger partial charge on any atom is -0.379 e. The van der Waals surface area contributed by atoms with Crippen LogP contribution in [-0.2, 0) is 16.1 Å². The molecule has 6 heteroatoms. The van der Waals surface area contributed by atoms with Crippen LogP contribution in [0.1, 0.15) is 12.5 Å². The summed E-state index contributed by atoms with van der Waals surface area (Å²) < 4.78 is 31.5. The molecule has 21 heavy (non-hydrogen) atoms. The molecule has 1 N–H and O–H groups in total. The Labute approximate surface area is 123 Å². The van der Waals surface area contributed by atoms with E-state index in [0.29, 0.717) is 25.3 Å². The largest absolute Gasteiger partial charge is 0.379 e. The summed E-state index contributed by atoms with van der Waals surface area (Å²) in [4.78, 5) is 14.2. The molecule has 1 fully saturated rings. The number of benzene rings is 1. The van der Waals surface area contributed by atoms with Crippen LogP contribution in [0.15, 0.2) is 18.2 Å².